The third-order valence-corrected chi connectivity index (χ3v) is 9.63. The lowest BCUT2D eigenvalue weighted by Gasteiger charge is -2.27. The second-order valence-corrected chi connectivity index (χ2v) is 14.7. The molecule has 6 rings (SSSR count). The van der Waals surface area contributed by atoms with Gasteiger partial charge in [-0.2, -0.15) is 0 Å². The van der Waals surface area contributed by atoms with Crippen molar-refractivity contribution in [1.82, 2.24) is 14.9 Å². The zero-order chi connectivity index (χ0) is 37.8. The van der Waals surface area contributed by atoms with E-state index in [0.29, 0.717) is 60.6 Å². The Morgan fingerprint density at radius 3 is 2.25 bits per heavy atom. The van der Waals surface area contributed by atoms with E-state index in [4.69, 9.17) is 14.2 Å². The maximum atomic E-state index is 15.3. The molecule has 2 aromatic carbocycles. The number of fused-ring (bicyclic) bond motifs is 1. The van der Waals surface area contributed by atoms with Crippen molar-refractivity contribution in [1.29, 1.82) is 0 Å². The molecule has 276 valence electrons. The smallest absolute Gasteiger partial charge is 0.410 e. The van der Waals surface area contributed by atoms with Gasteiger partial charge < -0.3 is 29.7 Å². The molecule has 1 aliphatic rings. The summed E-state index contributed by atoms with van der Waals surface area (Å²) in [5.41, 5.74) is 0.954. The van der Waals surface area contributed by atoms with Gasteiger partial charge in [0, 0.05) is 56.1 Å². The number of hydrogen-bond donors (Lipinski definition) is 2. The summed E-state index contributed by atoms with van der Waals surface area (Å²) < 4.78 is 46.0. The number of carbonyl (C=O) groups is 3. The number of nitrogens with one attached hydrogen (secondary N) is 2. The van der Waals surface area contributed by atoms with Gasteiger partial charge in [-0.1, -0.05) is 6.07 Å². The van der Waals surface area contributed by atoms with Gasteiger partial charge in [-0.25, -0.2) is 13.6 Å². The van der Waals surface area contributed by atoms with Gasteiger partial charge in [0.1, 0.15) is 22.6 Å². The van der Waals surface area contributed by atoms with E-state index in [1.165, 1.54) is 47.7 Å². The first-order valence-electron chi connectivity index (χ1n) is 17.0. The average molecular weight is 744 g/mol. The molecule has 1 fully saturated rings. The zero-order valence-corrected chi connectivity index (χ0v) is 30.5. The van der Waals surface area contributed by atoms with Crippen molar-refractivity contribution in [3.8, 4) is 22.1 Å². The van der Waals surface area contributed by atoms with E-state index in [1.54, 1.807) is 30.5 Å². The highest BCUT2D eigenvalue weighted by atomic mass is 32.1. The average Bonchev–Trinajstić information content (AvgIpc) is 3.82. The van der Waals surface area contributed by atoms with Gasteiger partial charge in [0.2, 0.25) is 11.8 Å². The fraction of sp³-hybridized carbons (Fsp3) is 0.308. The number of anilines is 2. The molecule has 1 saturated carbocycles. The molecule has 0 aliphatic heterocycles. The van der Waals surface area contributed by atoms with Gasteiger partial charge >= 0.3 is 6.09 Å². The summed E-state index contributed by atoms with van der Waals surface area (Å²) in [7, 11) is 1.59. The van der Waals surface area contributed by atoms with E-state index < -0.39 is 40.6 Å². The molecule has 0 spiro atoms. The minimum absolute atomic E-state index is 0.0611. The Kier molecular flexibility index (Phi) is 11.0. The first-order chi connectivity index (χ1) is 25.3. The van der Waals surface area contributed by atoms with Crippen LogP contribution < -0.4 is 15.4 Å². The summed E-state index contributed by atoms with van der Waals surface area (Å²) in [6, 6.07) is 16.7. The van der Waals surface area contributed by atoms with Crippen LogP contribution in [0.15, 0.2) is 79.1 Å². The van der Waals surface area contributed by atoms with Crippen LogP contribution in [0.25, 0.3) is 20.8 Å². The molecule has 0 atom stereocenters. The third kappa shape index (κ3) is 9.13. The summed E-state index contributed by atoms with van der Waals surface area (Å²) in [6.07, 6.45) is 4.19. The summed E-state index contributed by atoms with van der Waals surface area (Å²) in [6.45, 7) is 6.72. The second-order valence-electron chi connectivity index (χ2n) is 13.6. The Morgan fingerprint density at radius 2 is 1.60 bits per heavy atom. The van der Waals surface area contributed by atoms with E-state index in [1.807, 2.05) is 39.0 Å². The Hall–Kier alpha value is -5.47. The highest BCUT2D eigenvalue weighted by Crippen LogP contribution is 2.48. The summed E-state index contributed by atoms with van der Waals surface area (Å²) in [4.78, 5) is 50.3. The highest BCUT2D eigenvalue weighted by Gasteiger charge is 2.56. The van der Waals surface area contributed by atoms with Crippen LogP contribution in [0.5, 0.6) is 11.5 Å². The summed E-state index contributed by atoms with van der Waals surface area (Å²) >= 11 is 1.40. The first kappa shape index (κ1) is 37.3. The molecule has 1 aliphatic carbocycles. The van der Waals surface area contributed by atoms with E-state index in [9.17, 15) is 18.8 Å². The molecule has 11 nitrogen and oxygen atoms in total. The first-order valence-corrected chi connectivity index (χ1v) is 17.8. The largest absolute Gasteiger partial charge is 0.453 e. The predicted molar refractivity (Wildman–Crippen MR) is 198 cm³/mol. The number of aromatic nitrogens is 2. The van der Waals surface area contributed by atoms with Gasteiger partial charge in [-0.15, -0.1) is 11.3 Å². The monoisotopic (exact) mass is 743 g/mol. The van der Waals surface area contributed by atoms with Crippen molar-refractivity contribution < 1.29 is 37.4 Å². The number of nitrogens with zero attached hydrogens (tertiary/aromatic N) is 3. The van der Waals surface area contributed by atoms with Crippen LogP contribution in [0.2, 0.25) is 0 Å². The number of amides is 3. The number of methoxy groups -OCH3 is 1. The van der Waals surface area contributed by atoms with Crippen molar-refractivity contribution in [2.24, 2.45) is 5.41 Å². The number of rotatable bonds is 13. The Labute approximate surface area is 309 Å². The lowest BCUT2D eigenvalue weighted by Crippen LogP contribution is -2.39. The van der Waals surface area contributed by atoms with Crippen molar-refractivity contribution in [2.45, 2.75) is 45.6 Å². The molecule has 5 aromatic rings. The van der Waals surface area contributed by atoms with E-state index in [0.717, 1.165) is 22.2 Å². The van der Waals surface area contributed by atoms with E-state index in [-0.39, 0.29) is 11.4 Å². The van der Waals surface area contributed by atoms with Crippen LogP contribution in [-0.2, 0) is 25.5 Å². The highest BCUT2D eigenvalue weighted by molar-refractivity contribution is 7.22. The molecule has 3 aromatic heterocycles. The van der Waals surface area contributed by atoms with Crippen molar-refractivity contribution in [3.05, 3.63) is 96.3 Å². The predicted octanol–water partition coefficient (Wildman–Crippen LogP) is 8.21. The molecule has 53 heavy (non-hydrogen) atoms. The number of hydrogen-bond acceptors (Lipinski definition) is 9. The quantitative estimate of drug-likeness (QED) is 0.115. The van der Waals surface area contributed by atoms with Crippen LogP contribution in [0.1, 0.15) is 39.2 Å². The van der Waals surface area contributed by atoms with Gasteiger partial charge in [-0.3, -0.25) is 19.6 Å². The van der Waals surface area contributed by atoms with E-state index in [2.05, 4.69) is 20.6 Å². The van der Waals surface area contributed by atoms with Crippen molar-refractivity contribution in [3.63, 3.8) is 0 Å². The van der Waals surface area contributed by atoms with Crippen molar-refractivity contribution >= 4 is 50.8 Å². The van der Waals surface area contributed by atoms with Gasteiger partial charge in [0.05, 0.1) is 27.4 Å². The van der Waals surface area contributed by atoms with Crippen LogP contribution in [0.4, 0.5) is 25.0 Å². The molecule has 14 heteroatoms. The summed E-state index contributed by atoms with van der Waals surface area (Å²) in [5.74, 6) is -1.89. The van der Waals surface area contributed by atoms with Gasteiger partial charge in [-0.05, 0) is 94.1 Å². The fourth-order valence-electron chi connectivity index (χ4n) is 5.42. The lowest BCUT2D eigenvalue weighted by molar-refractivity contribution is -0.131. The maximum absolute atomic E-state index is 15.3. The summed E-state index contributed by atoms with van der Waals surface area (Å²) in [5, 5.41) is 5.29. The third-order valence-electron chi connectivity index (χ3n) is 8.47. The van der Waals surface area contributed by atoms with Crippen LogP contribution in [0.3, 0.4) is 0 Å². The molecule has 0 bridgehead atoms. The van der Waals surface area contributed by atoms with Gasteiger partial charge in [0.25, 0.3) is 0 Å². The second kappa shape index (κ2) is 15.6. The maximum Gasteiger partial charge on any atom is 0.410 e. The number of thiophene rings is 1. The topological polar surface area (TPSA) is 132 Å². The molecule has 0 unspecified atom stereocenters. The molecule has 0 saturated heterocycles. The van der Waals surface area contributed by atoms with Crippen LogP contribution >= 0.6 is 11.3 Å². The Bertz CT molecular complexity index is 2110. The molecule has 3 heterocycles. The SMILES string of the molecule is COCCN(CCc1ccc(-c2cc3nccc(Oc4ccc(NC(=O)C5(C(=O)Nc6ccc(F)cc6)CC5)cc4F)c3s2)nc1)C(=O)OC(C)(C)C. The Morgan fingerprint density at radius 1 is 0.887 bits per heavy atom. The Balaban J connectivity index is 1.09. The number of halogens is 2. The fourth-order valence-corrected chi connectivity index (χ4v) is 6.46. The number of pyridine rings is 2. The van der Waals surface area contributed by atoms with Gasteiger partial charge in [0.15, 0.2) is 11.6 Å². The molecular formula is C39H39F2N5O6S. The number of carbonyl (C=O) groups excluding carboxylic acids is 3. The minimum atomic E-state index is -1.29. The molecular weight excluding hydrogens is 705 g/mol. The zero-order valence-electron chi connectivity index (χ0n) is 29.7. The minimum Gasteiger partial charge on any atom is -0.453 e. The number of benzene rings is 2. The standard InChI is InChI=1S/C39H39F2N5O6S/c1-38(2,3)52-37(49)46(19-20-50-4)18-14-24-5-11-29(43-23-24)33-22-30-34(53-33)32(13-17-42-30)51-31-12-10-27(21-28(31)41)45-36(48)39(15-16-39)35(47)44-26-8-6-25(40)7-9-26/h5-13,17,21-23H,14-16,18-20H2,1-4H3,(H,44,47)(H,45,48). The normalized spacial score (nSPS) is 13.3. The van der Waals surface area contributed by atoms with Crippen molar-refractivity contribution in [2.75, 3.05) is 37.4 Å². The van der Waals surface area contributed by atoms with Crippen LogP contribution in [0, 0.1) is 17.0 Å². The van der Waals surface area contributed by atoms with E-state index >= 15 is 4.39 Å². The lowest BCUT2D eigenvalue weighted by atomic mass is 10.0. The van der Waals surface area contributed by atoms with Crippen LogP contribution in [-0.4, -0.2) is 65.2 Å². The molecule has 0 radical (unpaired) electrons. The molecule has 3 amide bonds. The number of ether oxygens (including phenoxy) is 3. The molecule has 2 N–H and O–H groups in total.